The molecule has 21 heavy (non-hydrogen) atoms. The van der Waals surface area contributed by atoms with Gasteiger partial charge in [-0.1, -0.05) is 23.3 Å². The Kier molecular flexibility index (Phi) is 2.92. The van der Waals surface area contributed by atoms with Crippen molar-refractivity contribution in [1.82, 2.24) is 20.2 Å². The minimum Gasteiger partial charge on any atom is -0.345 e. The normalized spacial score (nSPS) is 20.8. The van der Waals surface area contributed by atoms with E-state index >= 15 is 0 Å². The minimum absolute atomic E-state index is 0.0703. The number of tetrazole rings is 1. The van der Waals surface area contributed by atoms with Gasteiger partial charge in [0.2, 0.25) is 5.95 Å². The third kappa shape index (κ3) is 2.19. The first kappa shape index (κ1) is 12.5. The van der Waals surface area contributed by atoms with Crippen LogP contribution in [0.15, 0.2) is 41.8 Å². The second-order valence-corrected chi connectivity index (χ2v) is 5.95. The Morgan fingerprint density at radius 2 is 2.24 bits per heavy atom. The Hall–Kier alpha value is -2.28. The summed E-state index contributed by atoms with van der Waals surface area (Å²) < 4.78 is 15.2. The molecule has 0 saturated carbocycles. The summed E-state index contributed by atoms with van der Waals surface area (Å²) in [6.45, 7) is 0. The van der Waals surface area contributed by atoms with Gasteiger partial charge >= 0.3 is 0 Å². The molecule has 3 heterocycles. The van der Waals surface area contributed by atoms with Gasteiger partial charge in [-0.2, -0.15) is 0 Å². The minimum atomic E-state index is -0.242. The van der Waals surface area contributed by atoms with Gasteiger partial charge in [-0.3, -0.25) is 0 Å². The SMILES string of the molecule is Fc1cccc(C2CC(c3cccs3)Nc3nnnn32)c1. The number of nitrogens with one attached hydrogen (secondary N) is 1. The highest BCUT2D eigenvalue weighted by atomic mass is 32.1. The lowest BCUT2D eigenvalue weighted by atomic mass is 9.97. The highest BCUT2D eigenvalue weighted by Gasteiger charge is 2.31. The third-order valence-electron chi connectivity index (χ3n) is 3.67. The lowest BCUT2D eigenvalue weighted by Gasteiger charge is -2.30. The molecule has 4 rings (SSSR count). The first-order chi connectivity index (χ1) is 10.3. The molecule has 2 unspecified atom stereocenters. The molecule has 1 N–H and O–H groups in total. The summed E-state index contributed by atoms with van der Waals surface area (Å²) in [4.78, 5) is 1.23. The Morgan fingerprint density at radius 3 is 3.05 bits per heavy atom. The Bertz CT molecular complexity index is 754. The molecule has 1 aliphatic rings. The summed E-state index contributed by atoms with van der Waals surface area (Å²) in [5.74, 6) is 0.377. The van der Waals surface area contributed by atoms with Crippen molar-refractivity contribution in [2.45, 2.75) is 18.5 Å². The molecule has 0 fully saturated rings. The van der Waals surface area contributed by atoms with E-state index in [9.17, 15) is 4.39 Å². The second kappa shape index (κ2) is 4.92. The van der Waals surface area contributed by atoms with Crippen LogP contribution in [0.4, 0.5) is 10.3 Å². The number of hydrogen-bond donors (Lipinski definition) is 1. The monoisotopic (exact) mass is 301 g/mol. The van der Waals surface area contributed by atoms with E-state index in [4.69, 9.17) is 0 Å². The smallest absolute Gasteiger partial charge is 0.244 e. The number of halogens is 1. The van der Waals surface area contributed by atoms with Crippen LogP contribution < -0.4 is 5.32 Å². The molecular formula is C14H12FN5S. The standard InChI is InChI=1S/C14H12FN5S/c15-10-4-1-3-9(7-10)12-8-11(13-5-2-6-21-13)16-14-17-18-19-20(12)14/h1-7,11-12H,8H2,(H,16,17,19). The lowest BCUT2D eigenvalue weighted by Crippen LogP contribution is -2.27. The molecule has 0 amide bonds. The van der Waals surface area contributed by atoms with Crippen molar-refractivity contribution in [2.75, 3.05) is 5.32 Å². The predicted molar refractivity (Wildman–Crippen MR) is 77.7 cm³/mol. The zero-order valence-corrected chi connectivity index (χ0v) is 11.8. The molecule has 1 aromatic carbocycles. The first-order valence-corrected chi connectivity index (χ1v) is 7.52. The van der Waals surface area contributed by atoms with Gasteiger partial charge < -0.3 is 5.32 Å². The van der Waals surface area contributed by atoms with Gasteiger partial charge in [-0.25, -0.2) is 9.07 Å². The van der Waals surface area contributed by atoms with Crippen molar-refractivity contribution >= 4 is 17.3 Å². The van der Waals surface area contributed by atoms with Crippen molar-refractivity contribution < 1.29 is 4.39 Å². The molecule has 0 radical (unpaired) electrons. The number of fused-ring (bicyclic) bond motifs is 1. The van der Waals surface area contributed by atoms with E-state index in [1.807, 2.05) is 17.5 Å². The van der Waals surface area contributed by atoms with Gasteiger partial charge in [-0.15, -0.1) is 11.3 Å². The fraction of sp³-hybridized carbons (Fsp3) is 0.214. The maximum Gasteiger partial charge on any atom is 0.244 e. The van der Waals surface area contributed by atoms with E-state index < -0.39 is 0 Å². The van der Waals surface area contributed by atoms with E-state index in [-0.39, 0.29) is 17.9 Å². The summed E-state index contributed by atoms with van der Waals surface area (Å²) in [6, 6.07) is 10.8. The van der Waals surface area contributed by atoms with E-state index in [0.29, 0.717) is 5.95 Å². The van der Waals surface area contributed by atoms with Crippen molar-refractivity contribution in [3.63, 3.8) is 0 Å². The van der Waals surface area contributed by atoms with Crippen LogP contribution in [0, 0.1) is 5.82 Å². The lowest BCUT2D eigenvalue weighted by molar-refractivity contribution is 0.424. The molecule has 2 atom stereocenters. The quantitative estimate of drug-likeness (QED) is 0.790. The maximum atomic E-state index is 13.5. The summed E-state index contributed by atoms with van der Waals surface area (Å²) in [5.41, 5.74) is 0.881. The second-order valence-electron chi connectivity index (χ2n) is 4.97. The Labute approximate surface area is 124 Å². The van der Waals surface area contributed by atoms with Crippen LogP contribution >= 0.6 is 11.3 Å². The van der Waals surface area contributed by atoms with Crippen molar-refractivity contribution in [1.29, 1.82) is 0 Å². The zero-order chi connectivity index (χ0) is 14.2. The highest BCUT2D eigenvalue weighted by molar-refractivity contribution is 7.10. The number of thiophene rings is 1. The number of nitrogens with zero attached hydrogens (tertiary/aromatic N) is 4. The highest BCUT2D eigenvalue weighted by Crippen LogP contribution is 2.38. The van der Waals surface area contributed by atoms with Crippen molar-refractivity contribution in [3.05, 3.63) is 58.0 Å². The molecular weight excluding hydrogens is 289 g/mol. The van der Waals surface area contributed by atoms with Gasteiger partial charge in [0, 0.05) is 4.88 Å². The summed E-state index contributed by atoms with van der Waals surface area (Å²) in [7, 11) is 0. The van der Waals surface area contributed by atoms with E-state index in [0.717, 1.165) is 12.0 Å². The van der Waals surface area contributed by atoms with Crippen LogP contribution in [-0.2, 0) is 0 Å². The number of hydrogen-bond acceptors (Lipinski definition) is 5. The zero-order valence-electron chi connectivity index (χ0n) is 11.0. The number of rotatable bonds is 2. The van der Waals surface area contributed by atoms with Gasteiger partial charge in [0.05, 0.1) is 12.1 Å². The molecule has 0 bridgehead atoms. The van der Waals surface area contributed by atoms with Crippen molar-refractivity contribution in [2.24, 2.45) is 0 Å². The van der Waals surface area contributed by atoms with Crippen LogP contribution in [0.25, 0.3) is 0 Å². The van der Waals surface area contributed by atoms with Crippen LogP contribution in [0.2, 0.25) is 0 Å². The van der Waals surface area contributed by atoms with Crippen LogP contribution in [0.1, 0.15) is 28.9 Å². The van der Waals surface area contributed by atoms with Gasteiger partial charge in [-0.05, 0) is 46.0 Å². The van der Waals surface area contributed by atoms with Crippen molar-refractivity contribution in [3.8, 4) is 0 Å². The molecule has 3 aromatic rings. The largest absolute Gasteiger partial charge is 0.345 e. The maximum absolute atomic E-state index is 13.5. The Morgan fingerprint density at radius 1 is 1.29 bits per heavy atom. The molecule has 0 saturated heterocycles. The molecule has 7 heteroatoms. The van der Waals surface area contributed by atoms with E-state index in [1.54, 1.807) is 28.2 Å². The third-order valence-corrected chi connectivity index (χ3v) is 4.66. The molecule has 2 aromatic heterocycles. The number of aromatic nitrogens is 4. The topological polar surface area (TPSA) is 55.6 Å². The average Bonchev–Trinajstić information content (AvgIpc) is 3.17. The van der Waals surface area contributed by atoms with Gasteiger partial charge in [0.25, 0.3) is 0 Å². The number of anilines is 1. The van der Waals surface area contributed by atoms with Gasteiger partial charge in [0.1, 0.15) is 5.82 Å². The molecule has 1 aliphatic heterocycles. The molecule has 106 valence electrons. The predicted octanol–water partition coefficient (Wildman–Crippen LogP) is 3.02. The van der Waals surface area contributed by atoms with Gasteiger partial charge in [0.15, 0.2) is 0 Å². The Balaban J connectivity index is 1.76. The van der Waals surface area contributed by atoms with Crippen LogP contribution in [0.5, 0.6) is 0 Å². The fourth-order valence-corrected chi connectivity index (χ4v) is 3.50. The molecule has 5 nitrogen and oxygen atoms in total. The summed E-state index contributed by atoms with van der Waals surface area (Å²) >= 11 is 1.69. The molecule has 0 spiro atoms. The summed E-state index contributed by atoms with van der Waals surface area (Å²) in [5, 5.41) is 17.2. The molecule has 0 aliphatic carbocycles. The number of benzene rings is 1. The average molecular weight is 301 g/mol. The van der Waals surface area contributed by atoms with Crippen LogP contribution in [-0.4, -0.2) is 20.2 Å². The van der Waals surface area contributed by atoms with E-state index in [2.05, 4.69) is 26.9 Å². The first-order valence-electron chi connectivity index (χ1n) is 6.64. The van der Waals surface area contributed by atoms with Crippen LogP contribution in [0.3, 0.4) is 0 Å². The summed E-state index contributed by atoms with van der Waals surface area (Å²) in [6.07, 6.45) is 0.780. The fourth-order valence-electron chi connectivity index (χ4n) is 2.70. The van der Waals surface area contributed by atoms with E-state index in [1.165, 1.54) is 10.9 Å².